The van der Waals surface area contributed by atoms with E-state index in [0.717, 1.165) is 22.4 Å². The maximum Gasteiger partial charge on any atom is 0.269 e. The molecular formula is C24H24N4O4. The van der Waals surface area contributed by atoms with Crippen LogP contribution in [0, 0.1) is 0 Å². The second kappa shape index (κ2) is 9.05. The third-order valence-corrected chi connectivity index (χ3v) is 5.49. The summed E-state index contributed by atoms with van der Waals surface area (Å²) in [6.45, 7) is 0.507. The largest absolute Gasteiger partial charge is 0.496 e. The second-order valence-electron chi connectivity index (χ2n) is 7.36. The molecule has 3 aromatic rings. The number of anilines is 1. The van der Waals surface area contributed by atoms with Crippen LogP contribution < -0.4 is 19.7 Å². The summed E-state index contributed by atoms with van der Waals surface area (Å²) in [5.41, 5.74) is 3.68. The lowest BCUT2D eigenvalue weighted by Gasteiger charge is -2.29. The number of fused-ring (bicyclic) bond motifs is 1. The molecule has 0 fully saturated rings. The molecule has 1 aliphatic heterocycles. The fourth-order valence-electron chi connectivity index (χ4n) is 3.84. The summed E-state index contributed by atoms with van der Waals surface area (Å²) >= 11 is 0. The molecule has 2 amide bonds. The summed E-state index contributed by atoms with van der Waals surface area (Å²) in [5.74, 6) is 1.42. The lowest BCUT2D eigenvalue weighted by Crippen LogP contribution is -2.38. The molecule has 2 aromatic heterocycles. The highest BCUT2D eigenvalue weighted by molar-refractivity contribution is 6.08. The number of methoxy groups -OCH3 is 2. The zero-order valence-electron chi connectivity index (χ0n) is 18.2. The van der Waals surface area contributed by atoms with E-state index in [-0.39, 0.29) is 11.8 Å². The van der Waals surface area contributed by atoms with Gasteiger partial charge >= 0.3 is 0 Å². The number of carbonyl (C=O) groups is 2. The number of pyridine rings is 2. The van der Waals surface area contributed by atoms with Crippen molar-refractivity contribution >= 4 is 17.6 Å². The average Bonchev–Trinajstić information content (AvgIpc) is 2.84. The summed E-state index contributed by atoms with van der Waals surface area (Å²) in [5, 5.41) is 2.56. The van der Waals surface area contributed by atoms with Crippen molar-refractivity contribution < 1.29 is 19.1 Å². The summed E-state index contributed by atoms with van der Waals surface area (Å²) < 4.78 is 11.0. The van der Waals surface area contributed by atoms with Gasteiger partial charge in [0, 0.05) is 38.0 Å². The van der Waals surface area contributed by atoms with Crippen molar-refractivity contribution in [1.82, 2.24) is 15.3 Å². The van der Waals surface area contributed by atoms with Crippen molar-refractivity contribution in [2.75, 3.05) is 32.7 Å². The number of hydrogen-bond acceptors (Lipinski definition) is 6. The van der Waals surface area contributed by atoms with Gasteiger partial charge in [-0.2, -0.15) is 0 Å². The van der Waals surface area contributed by atoms with E-state index < -0.39 is 0 Å². The number of aromatic nitrogens is 2. The molecule has 3 heterocycles. The van der Waals surface area contributed by atoms with Crippen LogP contribution in [0.5, 0.6) is 11.5 Å². The number of ether oxygens (including phenoxy) is 2. The predicted molar refractivity (Wildman–Crippen MR) is 120 cm³/mol. The minimum atomic E-state index is -0.237. The molecule has 0 unspecified atom stereocenters. The maximum absolute atomic E-state index is 13.4. The minimum Gasteiger partial charge on any atom is -0.496 e. The standard InChI is InChI=1S/C24H24N4O4/c1-25-23(29)19-7-6-15(14-27-19)11-17-12-18-16(13-21(17)32-3)8-10-28(24(18)30)22-20(31-2)5-4-9-26-22/h4-7,9,12-14H,8,10-11H2,1-3H3,(H,25,29). The first-order chi connectivity index (χ1) is 15.5. The monoisotopic (exact) mass is 432 g/mol. The van der Waals surface area contributed by atoms with Crippen molar-refractivity contribution in [3.8, 4) is 11.5 Å². The van der Waals surface area contributed by atoms with Crippen molar-refractivity contribution in [3.05, 3.63) is 76.7 Å². The fourth-order valence-corrected chi connectivity index (χ4v) is 3.84. The molecule has 1 N–H and O–H groups in total. The summed E-state index contributed by atoms with van der Waals surface area (Å²) in [6, 6.07) is 10.9. The topological polar surface area (TPSA) is 93.6 Å². The van der Waals surface area contributed by atoms with Gasteiger partial charge in [0.25, 0.3) is 11.8 Å². The Kier molecular flexibility index (Phi) is 6.02. The quantitative estimate of drug-likeness (QED) is 0.644. The number of benzene rings is 1. The Labute approximate surface area is 186 Å². The van der Waals surface area contributed by atoms with Crippen LogP contribution in [0.4, 0.5) is 5.82 Å². The first kappa shape index (κ1) is 21.3. The van der Waals surface area contributed by atoms with E-state index in [4.69, 9.17) is 9.47 Å². The van der Waals surface area contributed by atoms with E-state index in [1.165, 1.54) is 0 Å². The molecule has 32 heavy (non-hydrogen) atoms. The first-order valence-corrected chi connectivity index (χ1v) is 10.2. The molecule has 164 valence electrons. The Morgan fingerprint density at radius 2 is 1.94 bits per heavy atom. The highest BCUT2D eigenvalue weighted by Crippen LogP contribution is 2.33. The Hall–Kier alpha value is -3.94. The van der Waals surface area contributed by atoms with Gasteiger partial charge in [0.15, 0.2) is 11.6 Å². The van der Waals surface area contributed by atoms with Gasteiger partial charge in [-0.05, 0) is 53.4 Å². The van der Waals surface area contributed by atoms with E-state index in [9.17, 15) is 9.59 Å². The average molecular weight is 432 g/mol. The van der Waals surface area contributed by atoms with E-state index in [0.29, 0.717) is 42.2 Å². The molecule has 4 rings (SSSR count). The zero-order chi connectivity index (χ0) is 22.7. The molecule has 0 aliphatic carbocycles. The van der Waals surface area contributed by atoms with Crippen LogP contribution in [0.1, 0.15) is 37.5 Å². The first-order valence-electron chi connectivity index (χ1n) is 10.2. The van der Waals surface area contributed by atoms with Gasteiger partial charge in [-0.25, -0.2) is 4.98 Å². The van der Waals surface area contributed by atoms with Crippen molar-refractivity contribution in [2.45, 2.75) is 12.8 Å². The molecule has 1 aliphatic rings. The van der Waals surface area contributed by atoms with Gasteiger partial charge in [-0.3, -0.25) is 19.5 Å². The van der Waals surface area contributed by atoms with Gasteiger partial charge in [0.05, 0.1) is 14.2 Å². The van der Waals surface area contributed by atoms with Crippen LogP contribution in [0.2, 0.25) is 0 Å². The van der Waals surface area contributed by atoms with Gasteiger partial charge < -0.3 is 14.8 Å². The molecule has 0 atom stereocenters. The zero-order valence-corrected chi connectivity index (χ0v) is 18.2. The molecule has 0 radical (unpaired) electrons. The van der Waals surface area contributed by atoms with Crippen LogP contribution in [0.3, 0.4) is 0 Å². The van der Waals surface area contributed by atoms with Crippen LogP contribution in [0.25, 0.3) is 0 Å². The number of carbonyl (C=O) groups excluding carboxylic acids is 2. The van der Waals surface area contributed by atoms with E-state index in [1.807, 2.05) is 18.2 Å². The van der Waals surface area contributed by atoms with Gasteiger partial charge in [0.1, 0.15) is 11.4 Å². The van der Waals surface area contributed by atoms with Crippen LogP contribution >= 0.6 is 0 Å². The SMILES string of the molecule is CNC(=O)c1ccc(Cc2cc3c(cc2OC)CCN(c2ncccc2OC)C3=O)cn1. The molecule has 0 saturated carbocycles. The van der Waals surface area contributed by atoms with Crippen molar-refractivity contribution in [2.24, 2.45) is 0 Å². The van der Waals surface area contributed by atoms with Crippen molar-refractivity contribution in [3.63, 3.8) is 0 Å². The Bertz CT molecular complexity index is 1160. The Balaban J connectivity index is 1.66. The minimum absolute atomic E-state index is 0.125. The van der Waals surface area contributed by atoms with Crippen LogP contribution in [0.15, 0.2) is 48.8 Å². The smallest absolute Gasteiger partial charge is 0.269 e. The maximum atomic E-state index is 13.4. The highest BCUT2D eigenvalue weighted by Gasteiger charge is 2.29. The molecular weight excluding hydrogens is 408 g/mol. The Morgan fingerprint density at radius 1 is 1.12 bits per heavy atom. The molecule has 0 saturated heterocycles. The molecule has 8 nitrogen and oxygen atoms in total. The number of nitrogens with one attached hydrogen (secondary N) is 1. The number of rotatable bonds is 6. The van der Waals surface area contributed by atoms with Crippen molar-refractivity contribution in [1.29, 1.82) is 0 Å². The summed E-state index contributed by atoms with van der Waals surface area (Å²) in [4.78, 5) is 35.3. The van der Waals surface area contributed by atoms with Gasteiger partial charge in [0.2, 0.25) is 0 Å². The summed E-state index contributed by atoms with van der Waals surface area (Å²) in [6.07, 6.45) is 4.50. The lowest BCUT2D eigenvalue weighted by atomic mass is 9.93. The molecule has 1 aromatic carbocycles. The molecule has 0 bridgehead atoms. The van der Waals surface area contributed by atoms with Gasteiger partial charge in [-0.15, -0.1) is 0 Å². The molecule has 8 heteroatoms. The van der Waals surface area contributed by atoms with E-state index in [1.54, 1.807) is 56.8 Å². The normalized spacial score (nSPS) is 12.8. The predicted octanol–water partition coefficient (Wildman–Crippen LogP) is 2.65. The number of hydrogen-bond donors (Lipinski definition) is 1. The van der Waals surface area contributed by atoms with E-state index >= 15 is 0 Å². The van der Waals surface area contributed by atoms with Gasteiger partial charge in [-0.1, -0.05) is 6.07 Å². The second-order valence-corrected chi connectivity index (χ2v) is 7.36. The Morgan fingerprint density at radius 3 is 2.62 bits per heavy atom. The van der Waals surface area contributed by atoms with E-state index in [2.05, 4.69) is 15.3 Å². The number of amides is 2. The number of nitrogens with zero attached hydrogens (tertiary/aromatic N) is 3. The third-order valence-electron chi connectivity index (χ3n) is 5.49. The fraction of sp³-hybridized carbons (Fsp3) is 0.250. The lowest BCUT2D eigenvalue weighted by molar-refractivity contribution is 0.0955. The van der Waals surface area contributed by atoms with Crippen LogP contribution in [-0.4, -0.2) is 49.6 Å². The third kappa shape index (κ3) is 3.99. The van der Waals surface area contributed by atoms with Crippen LogP contribution in [-0.2, 0) is 12.8 Å². The highest BCUT2D eigenvalue weighted by atomic mass is 16.5. The summed E-state index contributed by atoms with van der Waals surface area (Å²) in [7, 11) is 4.75. The molecule has 0 spiro atoms.